The maximum Gasteiger partial charge on any atom is 0.310 e. The maximum absolute atomic E-state index is 11.9. The number of fused-ring (bicyclic) bond motifs is 1. The van der Waals surface area contributed by atoms with Crippen LogP contribution in [0.25, 0.3) is 10.1 Å². The van der Waals surface area contributed by atoms with Crippen LogP contribution in [0.4, 0.5) is 5.69 Å². The highest BCUT2D eigenvalue weighted by Crippen LogP contribution is 2.26. The average molecular weight is 297 g/mol. The third-order valence-corrected chi connectivity index (χ3v) is 4.29. The predicted molar refractivity (Wildman–Crippen MR) is 86.2 cm³/mol. The number of nitrogens with two attached hydrogens (primary N) is 1. The summed E-state index contributed by atoms with van der Waals surface area (Å²) >= 11 is 1.67. The van der Waals surface area contributed by atoms with E-state index in [0.717, 1.165) is 16.5 Å². The van der Waals surface area contributed by atoms with Crippen molar-refractivity contribution in [3.05, 3.63) is 65.0 Å². The zero-order chi connectivity index (χ0) is 14.7. The number of anilines is 1. The Kier molecular flexibility index (Phi) is 3.88. The Morgan fingerprint density at radius 3 is 2.67 bits per heavy atom. The second-order valence-corrected chi connectivity index (χ2v) is 5.75. The molecule has 21 heavy (non-hydrogen) atoms. The van der Waals surface area contributed by atoms with Gasteiger partial charge in [0.05, 0.1) is 6.42 Å². The van der Waals surface area contributed by atoms with Crippen LogP contribution in [0.15, 0.2) is 53.9 Å². The van der Waals surface area contributed by atoms with Gasteiger partial charge >= 0.3 is 5.97 Å². The lowest BCUT2D eigenvalue weighted by molar-refractivity contribution is -0.144. The molecule has 0 spiro atoms. The topological polar surface area (TPSA) is 52.3 Å². The van der Waals surface area contributed by atoms with Gasteiger partial charge in [0, 0.05) is 16.0 Å². The van der Waals surface area contributed by atoms with Crippen molar-refractivity contribution in [3.8, 4) is 0 Å². The van der Waals surface area contributed by atoms with Crippen LogP contribution in [0.5, 0.6) is 0 Å². The Morgan fingerprint density at radius 1 is 1.10 bits per heavy atom. The molecular weight excluding hydrogens is 282 g/mol. The summed E-state index contributed by atoms with van der Waals surface area (Å²) in [6.45, 7) is 0.317. The largest absolute Gasteiger partial charge is 0.461 e. The molecule has 0 bridgehead atoms. The minimum absolute atomic E-state index is 0.227. The molecule has 3 aromatic rings. The SMILES string of the molecule is Nc1ccc(CC(=O)OCc2csc3ccccc23)cc1. The lowest BCUT2D eigenvalue weighted by Gasteiger charge is -2.05. The summed E-state index contributed by atoms with van der Waals surface area (Å²) in [6.07, 6.45) is 0.266. The van der Waals surface area contributed by atoms with E-state index in [1.807, 2.05) is 29.6 Å². The first kappa shape index (κ1) is 13.6. The van der Waals surface area contributed by atoms with Crippen molar-refractivity contribution in [2.75, 3.05) is 5.73 Å². The molecule has 2 N–H and O–H groups in total. The zero-order valence-corrected chi connectivity index (χ0v) is 12.2. The summed E-state index contributed by atoms with van der Waals surface area (Å²) < 4.78 is 6.58. The fraction of sp³-hybridized carbons (Fsp3) is 0.118. The average Bonchev–Trinajstić information content (AvgIpc) is 2.91. The number of nitrogen functional groups attached to an aromatic ring is 1. The molecule has 1 heterocycles. The molecule has 1 aromatic heterocycles. The Morgan fingerprint density at radius 2 is 1.86 bits per heavy atom. The predicted octanol–water partition coefficient (Wildman–Crippen LogP) is 3.77. The van der Waals surface area contributed by atoms with Gasteiger partial charge in [0.25, 0.3) is 0 Å². The Balaban J connectivity index is 1.62. The number of hydrogen-bond donors (Lipinski definition) is 1. The zero-order valence-electron chi connectivity index (χ0n) is 11.4. The van der Waals surface area contributed by atoms with Gasteiger partial charge in [-0.3, -0.25) is 4.79 Å². The van der Waals surface area contributed by atoms with Gasteiger partial charge in [-0.25, -0.2) is 0 Å². The molecule has 0 unspecified atom stereocenters. The number of carbonyl (C=O) groups is 1. The van der Waals surface area contributed by atoms with Gasteiger partial charge in [0.2, 0.25) is 0 Å². The summed E-state index contributed by atoms with van der Waals surface area (Å²) in [4.78, 5) is 11.9. The number of ether oxygens (including phenoxy) is 1. The first-order valence-corrected chi connectivity index (χ1v) is 7.55. The molecule has 0 aliphatic carbocycles. The lowest BCUT2D eigenvalue weighted by Crippen LogP contribution is -2.07. The van der Waals surface area contributed by atoms with Crippen LogP contribution >= 0.6 is 11.3 Å². The van der Waals surface area contributed by atoms with Crippen molar-refractivity contribution in [2.45, 2.75) is 13.0 Å². The number of thiophene rings is 1. The molecule has 0 radical (unpaired) electrons. The van der Waals surface area contributed by atoms with Crippen molar-refractivity contribution in [2.24, 2.45) is 0 Å². The van der Waals surface area contributed by atoms with E-state index < -0.39 is 0 Å². The molecule has 2 aromatic carbocycles. The molecule has 0 atom stereocenters. The van der Waals surface area contributed by atoms with Gasteiger partial charge in [-0.15, -0.1) is 11.3 Å². The van der Waals surface area contributed by atoms with E-state index in [9.17, 15) is 4.79 Å². The van der Waals surface area contributed by atoms with E-state index in [2.05, 4.69) is 12.1 Å². The first-order valence-electron chi connectivity index (χ1n) is 6.67. The van der Waals surface area contributed by atoms with Crippen LogP contribution < -0.4 is 5.73 Å². The second kappa shape index (κ2) is 5.97. The van der Waals surface area contributed by atoms with E-state index in [4.69, 9.17) is 10.5 Å². The van der Waals surface area contributed by atoms with Crippen molar-refractivity contribution in [1.82, 2.24) is 0 Å². The molecule has 4 heteroatoms. The molecule has 0 amide bonds. The highest BCUT2D eigenvalue weighted by molar-refractivity contribution is 7.17. The molecule has 3 nitrogen and oxygen atoms in total. The third-order valence-electron chi connectivity index (χ3n) is 3.28. The fourth-order valence-electron chi connectivity index (χ4n) is 2.16. The maximum atomic E-state index is 11.9. The molecule has 3 rings (SSSR count). The van der Waals surface area contributed by atoms with Gasteiger partial charge in [-0.05, 0) is 34.5 Å². The van der Waals surface area contributed by atoms with E-state index in [0.29, 0.717) is 12.3 Å². The molecule has 0 aliphatic rings. The van der Waals surface area contributed by atoms with Crippen LogP contribution in [-0.2, 0) is 22.6 Å². The molecule has 0 saturated carbocycles. The van der Waals surface area contributed by atoms with E-state index in [1.165, 1.54) is 4.70 Å². The summed E-state index contributed by atoms with van der Waals surface area (Å²) in [7, 11) is 0. The Hall–Kier alpha value is -2.33. The Labute approximate surface area is 127 Å². The van der Waals surface area contributed by atoms with Gasteiger partial charge in [-0.1, -0.05) is 30.3 Å². The summed E-state index contributed by atoms with van der Waals surface area (Å²) in [5, 5.41) is 3.20. The summed E-state index contributed by atoms with van der Waals surface area (Å²) in [5.41, 5.74) is 8.27. The van der Waals surface area contributed by atoms with Gasteiger partial charge < -0.3 is 10.5 Å². The van der Waals surface area contributed by atoms with Crippen molar-refractivity contribution >= 4 is 33.1 Å². The molecule has 0 fully saturated rings. The first-order chi connectivity index (χ1) is 10.2. The number of carbonyl (C=O) groups excluding carboxylic acids is 1. The molecule has 0 saturated heterocycles. The van der Waals surface area contributed by atoms with E-state index in [-0.39, 0.29) is 12.4 Å². The normalized spacial score (nSPS) is 10.7. The van der Waals surface area contributed by atoms with Gasteiger partial charge in [0.15, 0.2) is 0 Å². The van der Waals surface area contributed by atoms with Crippen LogP contribution in [0, 0.1) is 0 Å². The quantitative estimate of drug-likeness (QED) is 0.589. The minimum atomic E-state index is -0.227. The standard InChI is InChI=1S/C17H15NO2S/c18-14-7-5-12(6-8-14)9-17(19)20-10-13-11-21-16-4-2-1-3-15(13)16/h1-8,11H,9-10,18H2. The summed E-state index contributed by atoms with van der Waals surface area (Å²) in [6, 6.07) is 15.4. The van der Waals surface area contributed by atoms with Gasteiger partial charge in [-0.2, -0.15) is 0 Å². The number of benzene rings is 2. The van der Waals surface area contributed by atoms with Gasteiger partial charge in [0.1, 0.15) is 6.61 Å². The number of esters is 1. The molecule has 0 aliphatic heterocycles. The minimum Gasteiger partial charge on any atom is -0.461 e. The van der Waals surface area contributed by atoms with Crippen LogP contribution in [0.3, 0.4) is 0 Å². The van der Waals surface area contributed by atoms with E-state index in [1.54, 1.807) is 23.5 Å². The highest BCUT2D eigenvalue weighted by Gasteiger charge is 2.08. The number of rotatable bonds is 4. The van der Waals surface area contributed by atoms with Crippen molar-refractivity contribution in [3.63, 3.8) is 0 Å². The smallest absolute Gasteiger partial charge is 0.310 e. The van der Waals surface area contributed by atoms with Crippen molar-refractivity contribution < 1.29 is 9.53 Å². The highest BCUT2D eigenvalue weighted by atomic mass is 32.1. The van der Waals surface area contributed by atoms with Crippen LogP contribution in [-0.4, -0.2) is 5.97 Å². The van der Waals surface area contributed by atoms with Crippen LogP contribution in [0.2, 0.25) is 0 Å². The third kappa shape index (κ3) is 3.23. The second-order valence-electron chi connectivity index (χ2n) is 4.84. The summed E-state index contributed by atoms with van der Waals surface area (Å²) in [5.74, 6) is -0.227. The monoisotopic (exact) mass is 297 g/mol. The van der Waals surface area contributed by atoms with Crippen molar-refractivity contribution in [1.29, 1.82) is 0 Å². The molecule has 106 valence electrons. The number of hydrogen-bond acceptors (Lipinski definition) is 4. The molecular formula is C17H15NO2S. The lowest BCUT2D eigenvalue weighted by atomic mass is 10.1. The Bertz CT molecular complexity index is 762. The fourth-order valence-corrected chi connectivity index (χ4v) is 3.10. The van der Waals surface area contributed by atoms with E-state index >= 15 is 0 Å². The van der Waals surface area contributed by atoms with Crippen LogP contribution in [0.1, 0.15) is 11.1 Å².